The molecule has 0 heterocycles. The van der Waals surface area contributed by atoms with Crippen LogP contribution in [0.5, 0.6) is 0 Å². The fourth-order valence-electron chi connectivity index (χ4n) is 2.95. The highest BCUT2D eigenvalue weighted by molar-refractivity contribution is 5.97. The Morgan fingerprint density at radius 3 is 1.95 bits per heavy atom. The second kappa shape index (κ2) is 4.23. The van der Waals surface area contributed by atoms with Gasteiger partial charge in [-0.2, -0.15) is 0 Å². The first-order chi connectivity index (χ1) is 9.19. The lowest BCUT2D eigenvalue weighted by Gasteiger charge is -2.24. The number of hydrogen-bond acceptors (Lipinski definition) is 2. The Balaban J connectivity index is 2.28. The van der Waals surface area contributed by atoms with Crippen LogP contribution < -0.4 is 0 Å². The van der Waals surface area contributed by atoms with Gasteiger partial charge in [-0.15, -0.1) is 0 Å². The van der Waals surface area contributed by atoms with Crippen molar-refractivity contribution in [3.8, 4) is 11.1 Å². The molecule has 0 radical (unpaired) electrons. The fraction of sp³-hybridized carbons (Fsp3) is 0.235. The molecule has 96 valence electrons. The van der Waals surface area contributed by atoms with Crippen LogP contribution in [0.1, 0.15) is 25.0 Å². The van der Waals surface area contributed by atoms with Crippen molar-refractivity contribution in [2.24, 2.45) is 0 Å². The maximum Gasteiger partial charge on any atom is 0.320 e. The topological polar surface area (TPSA) is 26.3 Å². The molecule has 0 aliphatic heterocycles. The number of esters is 1. The molecule has 2 heteroatoms. The fourth-order valence-corrected chi connectivity index (χ4v) is 2.95. The molecular formula is C17H16O2. The van der Waals surface area contributed by atoms with E-state index in [-0.39, 0.29) is 5.97 Å². The summed E-state index contributed by atoms with van der Waals surface area (Å²) >= 11 is 0. The minimum absolute atomic E-state index is 0.174. The van der Waals surface area contributed by atoms with Gasteiger partial charge in [0.05, 0.1) is 6.61 Å². The molecule has 2 aromatic rings. The van der Waals surface area contributed by atoms with E-state index in [9.17, 15) is 4.79 Å². The summed E-state index contributed by atoms with van der Waals surface area (Å²) in [5.41, 5.74) is 3.65. The highest BCUT2D eigenvalue weighted by Gasteiger charge is 2.46. The average molecular weight is 252 g/mol. The van der Waals surface area contributed by atoms with E-state index < -0.39 is 5.41 Å². The third-order valence-electron chi connectivity index (χ3n) is 3.91. The number of carbonyl (C=O) groups is 1. The summed E-state index contributed by atoms with van der Waals surface area (Å²) < 4.78 is 5.30. The second-order valence-corrected chi connectivity index (χ2v) is 4.94. The van der Waals surface area contributed by atoms with Crippen LogP contribution in [0.2, 0.25) is 0 Å². The number of fused-ring (bicyclic) bond motifs is 3. The van der Waals surface area contributed by atoms with Crippen LogP contribution in [0.15, 0.2) is 48.5 Å². The Bertz CT molecular complexity index is 598. The van der Waals surface area contributed by atoms with Crippen molar-refractivity contribution in [2.75, 3.05) is 6.61 Å². The van der Waals surface area contributed by atoms with Gasteiger partial charge in [-0.3, -0.25) is 4.79 Å². The molecular weight excluding hydrogens is 236 g/mol. The average Bonchev–Trinajstić information content (AvgIpc) is 2.72. The lowest BCUT2D eigenvalue weighted by Crippen LogP contribution is -2.33. The van der Waals surface area contributed by atoms with Gasteiger partial charge in [0.25, 0.3) is 0 Å². The summed E-state index contributed by atoms with van der Waals surface area (Å²) in [6.07, 6.45) is 0. The molecule has 0 saturated heterocycles. The Kier molecular flexibility index (Phi) is 2.67. The maximum absolute atomic E-state index is 12.5. The molecule has 0 saturated carbocycles. The van der Waals surface area contributed by atoms with Gasteiger partial charge in [0.2, 0.25) is 0 Å². The molecule has 0 N–H and O–H groups in total. The van der Waals surface area contributed by atoms with Crippen molar-refractivity contribution in [3.63, 3.8) is 0 Å². The van der Waals surface area contributed by atoms with Crippen LogP contribution in [0.3, 0.4) is 0 Å². The normalized spacial score (nSPS) is 14.6. The first-order valence-corrected chi connectivity index (χ1v) is 6.56. The van der Waals surface area contributed by atoms with Crippen LogP contribution in [0.25, 0.3) is 11.1 Å². The zero-order chi connectivity index (χ0) is 13.5. The minimum Gasteiger partial charge on any atom is -0.465 e. The van der Waals surface area contributed by atoms with Crippen molar-refractivity contribution in [2.45, 2.75) is 19.3 Å². The van der Waals surface area contributed by atoms with Crippen molar-refractivity contribution in [1.29, 1.82) is 0 Å². The molecule has 0 atom stereocenters. The van der Waals surface area contributed by atoms with Gasteiger partial charge >= 0.3 is 5.97 Å². The largest absolute Gasteiger partial charge is 0.465 e. The Labute approximate surface area is 113 Å². The van der Waals surface area contributed by atoms with E-state index in [1.165, 1.54) is 0 Å². The Morgan fingerprint density at radius 1 is 1.00 bits per heavy atom. The molecule has 19 heavy (non-hydrogen) atoms. The molecule has 2 nitrogen and oxygen atoms in total. The molecule has 0 unspecified atom stereocenters. The zero-order valence-corrected chi connectivity index (χ0v) is 11.1. The van der Waals surface area contributed by atoms with Crippen molar-refractivity contribution < 1.29 is 9.53 Å². The second-order valence-electron chi connectivity index (χ2n) is 4.94. The van der Waals surface area contributed by atoms with Gasteiger partial charge in [-0.25, -0.2) is 0 Å². The lowest BCUT2D eigenvalue weighted by molar-refractivity contribution is -0.147. The van der Waals surface area contributed by atoms with Crippen molar-refractivity contribution in [1.82, 2.24) is 0 Å². The van der Waals surface area contributed by atoms with Crippen molar-refractivity contribution in [3.05, 3.63) is 59.7 Å². The van der Waals surface area contributed by atoms with Gasteiger partial charge in [0, 0.05) is 0 Å². The summed E-state index contributed by atoms with van der Waals surface area (Å²) in [7, 11) is 0. The molecule has 0 spiro atoms. The molecule has 1 aliphatic rings. The summed E-state index contributed by atoms with van der Waals surface area (Å²) in [5, 5.41) is 0. The van der Waals surface area contributed by atoms with E-state index in [1.54, 1.807) is 0 Å². The highest BCUT2D eigenvalue weighted by atomic mass is 16.5. The quantitative estimate of drug-likeness (QED) is 0.764. The summed E-state index contributed by atoms with van der Waals surface area (Å²) in [6.45, 7) is 4.20. The Hall–Kier alpha value is -2.09. The van der Waals surface area contributed by atoms with Gasteiger partial charge in [-0.05, 0) is 36.1 Å². The predicted octanol–water partition coefficient (Wildman–Crippen LogP) is 3.54. The monoisotopic (exact) mass is 252 g/mol. The molecule has 2 aromatic carbocycles. The SMILES string of the molecule is CCOC(=O)C1(C)c2ccccc2-c2ccccc21. The summed E-state index contributed by atoms with van der Waals surface area (Å²) in [5.74, 6) is -0.174. The van der Waals surface area contributed by atoms with Crippen LogP contribution in [0.4, 0.5) is 0 Å². The highest BCUT2D eigenvalue weighted by Crippen LogP contribution is 2.49. The molecule has 0 aromatic heterocycles. The van der Waals surface area contributed by atoms with Crippen LogP contribution in [-0.4, -0.2) is 12.6 Å². The molecule has 0 fully saturated rings. The van der Waals surface area contributed by atoms with E-state index in [0.29, 0.717) is 6.61 Å². The van der Waals surface area contributed by atoms with Crippen molar-refractivity contribution >= 4 is 5.97 Å². The number of ether oxygens (including phenoxy) is 1. The number of benzene rings is 2. The summed E-state index contributed by atoms with van der Waals surface area (Å²) in [6, 6.07) is 16.1. The van der Waals surface area contributed by atoms with Crippen LogP contribution in [0, 0.1) is 0 Å². The maximum atomic E-state index is 12.5. The Morgan fingerprint density at radius 2 is 1.47 bits per heavy atom. The molecule has 0 bridgehead atoms. The number of rotatable bonds is 2. The first-order valence-electron chi connectivity index (χ1n) is 6.56. The van der Waals surface area contributed by atoms with E-state index in [1.807, 2.05) is 50.2 Å². The van der Waals surface area contributed by atoms with E-state index in [2.05, 4.69) is 12.1 Å². The van der Waals surface area contributed by atoms with E-state index in [4.69, 9.17) is 4.74 Å². The standard InChI is InChI=1S/C17H16O2/c1-3-19-16(18)17(2)14-10-6-4-8-12(14)13-9-5-7-11-15(13)17/h4-11H,3H2,1-2H3. The van der Waals surface area contributed by atoms with Gasteiger partial charge in [0.1, 0.15) is 5.41 Å². The molecule has 1 aliphatic carbocycles. The summed E-state index contributed by atoms with van der Waals surface area (Å²) in [4.78, 5) is 12.5. The molecule has 0 amide bonds. The number of hydrogen-bond donors (Lipinski definition) is 0. The third kappa shape index (κ3) is 1.53. The first kappa shape index (κ1) is 12.0. The number of carbonyl (C=O) groups excluding carboxylic acids is 1. The minimum atomic E-state index is -0.691. The predicted molar refractivity (Wildman–Crippen MR) is 75.0 cm³/mol. The molecule has 3 rings (SSSR count). The van der Waals surface area contributed by atoms with Gasteiger partial charge < -0.3 is 4.74 Å². The smallest absolute Gasteiger partial charge is 0.320 e. The lowest BCUT2D eigenvalue weighted by atomic mass is 9.80. The van der Waals surface area contributed by atoms with Crippen LogP contribution in [-0.2, 0) is 14.9 Å². The van der Waals surface area contributed by atoms with E-state index in [0.717, 1.165) is 22.3 Å². The van der Waals surface area contributed by atoms with Gasteiger partial charge in [0.15, 0.2) is 0 Å². The van der Waals surface area contributed by atoms with Crippen LogP contribution >= 0.6 is 0 Å². The van der Waals surface area contributed by atoms with E-state index >= 15 is 0 Å². The zero-order valence-electron chi connectivity index (χ0n) is 11.1. The van der Waals surface area contributed by atoms with Gasteiger partial charge in [-0.1, -0.05) is 48.5 Å². The third-order valence-corrected chi connectivity index (χ3v) is 3.91.